The van der Waals surface area contributed by atoms with Crippen LogP contribution in [-0.4, -0.2) is 25.7 Å². The minimum absolute atomic E-state index is 0.109. The van der Waals surface area contributed by atoms with Gasteiger partial charge in [-0.25, -0.2) is 9.97 Å². The van der Waals surface area contributed by atoms with Crippen LogP contribution in [0.15, 0.2) is 45.5 Å². The molecule has 0 saturated heterocycles. The molecule has 3 rings (SSSR count). The van der Waals surface area contributed by atoms with E-state index in [1.807, 2.05) is 32.9 Å². The standard InChI is InChI=1S/C20H18Br2N6O/c1-11(2)18-26-19(28(27-18)17-5-4-13(9-23)10-24-17)12(3)25-20(29)14-6-15(21)8-16(22)7-14/h4-8,10-12H,1-3H3,(H,25,29)/t12-/m0/s1. The van der Waals surface area contributed by atoms with Crippen LogP contribution in [0.3, 0.4) is 0 Å². The Balaban J connectivity index is 1.93. The van der Waals surface area contributed by atoms with Crippen molar-refractivity contribution in [2.75, 3.05) is 0 Å². The Kier molecular flexibility index (Phi) is 6.45. The monoisotopic (exact) mass is 516 g/mol. The molecule has 0 aliphatic carbocycles. The molecule has 0 aliphatic rings. The van der Waals surface area contributed by atoms with Gasteiger partial charge in [0.15, 0.2) is 17.5 Å². The van der Waals surface area contributed by atoms with Gasteiger partial charge in [-0.1, -0.05) is 45.7 Å². The van der Waals surface area contributed by atoms with Crippen LogP contribution >= 0.6 is 31.9 Å². The molecule has 0 aliphatic heterocycles. The van der Waals surface area contributed by atoms with Gasteiger partial charge in [0.05, 0.1) is 11.6 Å². The number of hydrogen-bond acceptors (Lipinski definition) is 5. The molecule has 1 amide bonds. The minimum Gasteiger partial charge on any atom is -0.342 e. The van der Waals surface area contributed by atoms with Crippen LogP contribution in [0.1, 0.15) is 60.3 Å². The van der Waals surface area contributed by atoms with E-state index in [1.54, 1.807) is 28.9 Å². The summed E-state index contributed by atoms with van der Waals surface area (Å²) >= 11 is 6.80. The predicted molar refractivity (Wildman–Crippen MR) is 116 cm³/mol. The van der Waals surface area contributed by atoms with Crippen LogP contribution in [-0.2, 0) is 0 Å². The van der Waals surface area contributed by atoms with E-state index >= 15 is 0 Å². The highest BCUT2D eigenvalue weighted by Gasteiger charge is 2.22. The van der Waals surface area contributed by atoms with E-state index in [0.29, 0.717) is 28.6 Å². The second-order valence-corrected chi connectivity index (χ2v) is 8.60. The number of halogens is 2. The number of benzene rings is 1. The van der Waals surface area contributed by atoms with Crippen molar-refractivity contribution >= 4 is 37.8 Å². The van der Waals surface area contributed by atoms with E-state index in [1.165, 1.54) is 6.20 Å². The maximum Gasteiger partial charge on any atom is 0.251 e. The lowest BCUT2D eigenvalue weighted by atomic mass is 10.2. The van der Waals surface area contributed by atoms with Gasteiger partial charge < -0.3 is 5.32 Å². The number of nitrogens with one attached hydrogen (secondary N) is 1. The first-order chi connectivity index (χ1) is 13.8. The summed E-state index contributed by atoms with van der Waals surface area (Å²) in [7, 11) is 0. The third-order valence-electron chi connectivity index (χ3n) is 4.12. The van der Waals surface area contributed by atoms with Gasteiger partial charge in [-0.05, 0) is 37.3 Å². The molecule has 3 aromatic rings. The van der Waals surface area contributed by atoms with Crippen LogP contribution in [0.5, 0.6) is 0 Å². The Bertz CT molecular complexity index is 1070. The first-order valence-electron chi connectivity index (χ1n) is 8.89. The van der Waals surface area contributed by atoms with Crippen LogP contribution in [0.2, 0.25) is 0 Å². The zero-order valence-electron chi connectivity index (χ0n) is 16.0. The largest absolute Gasteiger partial charge is 0.342 e. The third kappa shape index (κ3) is 4.89. The predicted octanol–water partition coefficient (Wildman–Crippen LogP) is 4.67. The molecule has 0 radical (unpaired) electrons. The fourth-order valence-electron chi connectivity index (χ4n) is 2.64. The first kappa shape index (κ1) is 21.1. The van der Waals surface area contributed by atoms with Gasteiger partial charge in [-0.3, -0.25) is 4.79 Å². The van der Waals surface area contributed by atoms with Crippen molar-refractivity contribution in [2.24, 2.45) is 0 Å². The van der Waals surface area contributed by atoms with Gasteiger partial charge in [0.25, 0.3) is 5.91 Å². The van der Waals surface area contributed by atoms with Gasteiger partial charge in [0, 0.05) is 26.6 Å². The summed E-state index contributed by atoms with van der Waals surface area (Å²) in [6, 6.07) is 10.4. The van der Waals surface area contributed by atoms with Gasteiger partial charge in [-0.15, -0.1) is 5.10 Å². The summed E-state index contributed by atoms with van der Waals surface area (Å²) in [6.07, 6.45) is 1.48. The van der Waals surface area contributed by atoms with Crippen molar-refractivity contribution in [3.63, 3.8) is 0 Å². The normalized spacial score (nSPS) is 11.9. The lowest BCUT2D eigenvalue weighted by molar-refractivity contribution is 0.0937. The number of carbonyl (C=O) groups excluding carboxylic acids is 1. The average Bonchev–Trinajstić information content (AvgIpc) is 3.13. The summed E-state index contributed by atoms with van der Waals surface area (Å²) in [6.45, 7) is 5.84. The number of pyridine rings is 1. The van der Waals surface area contributed by atoms with Crippen LogP contribution in [0.4, 0.5) is 0 Å². The van der Waals surface area contributed by atoms with E-state index in [9.17, 15) is 4.79 Å². The second kappa shape index (κ2) is 8.84. The van der Waals surface area contributed by atoms with E-state index < -0.39 is 6.04 Å². The quantitative estimate of drug-likeness (QED) is 0.530. The second-order valence-electron chi connectivity index (χ2n) is 6.76. The summed E-state index contributed by atoms with van der Waals surface area (Å²) in [5, 5.41) is 16.5. The molecule has 1 N–H and O–H groups in total. The molecule has 0 bridgehead atoms. The highest BCUT2D eigenvalue weighted by molar-refractivity contribution is 9.11. The van der Waals surface area contributed by atoms with Crippen molar-refractivity contribution in [3.8, 4) is 11.9 Å². The van der Waals surface area contributed by atoms with E-state index in [2.05, 4.69) is 52.2 Å². The molecule has 0 spiro atoms. The summed E-state index contributed by atoms with van der Waals surface area (Å²) in [5.74, 6) is 1.63. The lowest BCUT2D eigenvalue weighted by Gasteiger charge is -2.14. The van der Waals surface area contributed by atoms with Gasteiger partial charge in [0.1, 0.15) is 6.07 Å². The minimum atomic E-state index is -0.419. The first-order valence-corrected chi connectivity index (χ1v) is 10.5. The molecule has 9 heteroatoms. The molecule has 0 fully saturated rings. The van der Waals surface area contributed by atoms with E-state index in [-0.39, 0.29) is 11.8 Å². The number of nitrogens with zero attached hydrogens (tertiary/aromatic N) is 5. The molecule has 0 saturated carbocycles. The van der Waals surface area contributed by atoms with Crippen molar-refractivity contribution in [1.29, 1.82) is 5.26 Å². The van der Waals surface area contributed by atoms with Crippen molar-refractivity contribution in [1.82, 2.24) is 25.1 Å². The smallest absolute Gasteiger partial charge is 0.251 e. The Labute approximate surface area is 185 Å². The number of carbonyl (C=O) groups is 1. The van der Waals surface area contributed by atoms with Crippen molar-refractivity contribution < 1.29 is 4.79 Å². The topological polar surface area (TPSA) is 96.5 Å². The Morgan fingerprint density at radius 3 is 2.41 bits per heavy atom. The fourth-order valence-corrected chi connectivity index (χ4v) is 3.93. The zero-order valence-corrected chi connectivity index (χ0v) is 19.2. The number of hydrogen-bond donors (Lipinski definition) is 1. The fraction of sp³-hybridized carbons (Fsp3) is 0.250. The molecule has 1 aromatic carbocycles. The van der Waals surface area contributed by atoms with Gasteiger partial charge in [0.2, 0.25) is 0 Å². The van der Waals surface area contributed by atoms with Gasteiger partial charge in [-0.2, -0.15) is 9.94 Å². The average molecular weight is 518 g/mol. The highest BCUT2D eigenvalue weighted by atomic mass is 79.9. The number of nitriles is 1. The molecular formula is C20H18Br2N6O. The van der Waals surface area contributed by atoms with E-state index in [4.69, 9.17) is 5.26 Å². The lowest BCUT2D eigenvalue weighted by Crippen LogP contribution is -2.28. The highest BCUT2D eigenvalue weighted by Crippen LogP contribution is 2.22. The maximum atomic E-state index is 12.7. The van der Waals surface area contributed by atoms with Gasteiger partial charge >= 0.3 is 0 Å². The Morgan fingerprint density at radius 1 is 1.17 bits per heavy atom. The maximum absolute atomic E-state index is 12.7. The SMILES string of the molecule is CC(C)c1nc([C@H](C)NC(=O)c2cc(Br)cc(Br)c2)n(-c2ccc(C#N)cn2)n1. The number of rotatable bonds is 5. The Morgan fingerprint density at radius 2 is 1.86 bits per heavy atom. The molecule has 148 valence electrons. The third-order valence-corrected chi connectivity index (χ3v) is 5.03. The van der Waals surface area contributed by atoms with Crippen LogP contribution in [0.25, 0.3) is 5.82 Å². The number of aromatic nitrogens is 4. The molecule has 2 aromatic heterocycles. The Hall–Kier alpha value is -2.57. The molecular weight excluding hydrogens is 500 g/mol. The molecule has 0 unspecified atom stereocenters. The molecule has 1 atom stereocenters. The van der Waals surface area contributed by atoms with Crippen LogP contribution in [0, 0.1) is 11.3 Å². The molecule has 29 heavy (non-hydrogen) atoms. The van der Waals surface area contributed by atoms with Crippen LogP contribution < -0.4 is 5.32 Å². The van der Waals surface area contributed by atoms with Crippen molar-refractivity contribution in [3.05, 3.63) is 68.2 Å². The van der Waals surface area contributed by atoms with E-state index in [0.717, 1.165) is 8.95 Å². The summed E-state index contributed by atoms with van der Waals surface area (Å²) in [5.41, 5.74) is 0.978. The number of amides is 1. The zero-order chi connectivity index (χ0) is 21.1. The molecule has 7 nitrogen and oxygen atoms in total. The summed E-state index contributed by atoms with van der Waals surface area (Å²) < 4.78 is 3.21. The molecule has 2 heterocycles. The summed E-state index contributed by atoms with van der Waals surface area (Å²) in [4.78, 5) is 21.7. The van der Waals surface area contributed by atoms with Crippen molar-refractivity contribution in [2.45, 2.75) is 32.7 Å².